The average Bonchev–Trinajstić information content (AvgIpc) is 2.92. The molecule has 1 atom stereocenters. The number of nitrogens with one attached hydrogen (secondary N) is 3. The Morgan fingerprint density at radius 2 is 1.78 bits per heavy atom. The van der Waals surface area contributed by atoms with Gasteiger partial charge in [0.1, 0.15) is 5.82 Å². The number of carbonyl (C=O) groups is 1. The van der Waals surface area contributed by atoms with Gasteiger partial charge in [0.05, 0.1) is 11.1 Å². The maximum atomic E-state index is 13.6. The Balaban J connectivity index is 2.01. The summed E-state index contributed by atoms with van der Waals surface area (Å²) in [5.41, 5.74) is -0.844. The van der Waals surface area contributed by atoms with Crippen LogP contribution in [0.5, 0.6) is 0 Å². The molecule has 142 valence electrons. The lowest BCUT2D eigenvalue weighted by Crippen LogP contribution is -2.35. The Labute approximate surface area is 152 Å². The van der Waals surface area contributed by atoms with Crippen LogP contribution in [0.15, 0.2) is 40.3 Å². The molecular weight excluding hydrogens is 359 g/mol. The second-order valence-electron chi connectivity index (χ2n) is 7.84. The summed E-state index contributed by atoms with van der Waals surface area (Å²) in [5, 5.41) is 8.16. The van der Waals surface area contributed by atoms with Gasteiger partial charge in [0, 0.05) is 23.6 Å². The number of ketones is 1. The molecule has 0 saturated carbocycles. The van der Waals surface area contributed by atoms with E-state index in [4.69, 9.17) is 0 Å². The summed E-state index contributed by atoms with van der Waals surface area (Å²) < 4.78 is 40.9. The number of alkyl halides is 3. The van der Waals surface area contributed by atoms with Crippen molar-refractivity contribution in [3.8, 4) is 0 Å². The number of fused-ring (bicyclic) bond motifs is 1. The summed E-state index contributed by atoms with van der Waals surface area (Å²) in [7, 11) is 0. The molecular formula is C19H18F3N3O2. The molecule has 1 aliphatic carbocycles. The largest absolute Gasteiger partial charge is 0.416 e. The molecule has 5 nitrogen and oxygen atoms in total. The lowest BCUT2D eigenvalue weighted by Gasteiger charge is -2.38. The number of hydrogen-bond donors (Lipinski definition) is 3. The molecule has 0 bridgehead atoms. The van der Waals surface area contributed by atoms with Gasteiger partial charge in [-0.15, -0.1) is 0 Å². The number of hydrogen-bond acceptors (Lipinski definition) is 3. The number of anilines is 1. The van der Waals surface area contributed by atoms with Gasteiger partial charge in [-0.25, -0.2) is 0 Å². The SMILES string of the molecule is CC1(C)CC(=O)C2=C(C1)Nc1[nH][nH]c(=O)c1C2c1ccccc1C(F)(F)F. The van der Waals surface area contributed by atoms with Gasteiger partial charge in [0.2, 0.25) is 0 Å². The van der Waals surface area contributed by atoms with Crippen molar-refractivity contribution >= 4 is 11.6 Å². The molecule has 0 radical (unpaired) electrons. The van der Waals surface area contributed by atoms with Gasteiger partial charge in [-0.1, -0.05) is 32.0 Å². The first-order valence-electron chi connectivity index (χ1n) is 8.58. The summed E-state index contributed by atoms with van der Waals surface area (Å²) >= 11 is 0. The van der Waals surface area contributed by atoms with Crippen LogP contribution in [0, 0.1) is 5.41 Å². The molecule has 8 heteroatoms. The fourth-order valence-corrected chi connectivity index (χ4v) is 4.14. The van der Waals surface area contributed by atoms with E-state index < -0.39 is 23.2 Å². The van der Waals surface area contributed by atoms with Gasteiger partial charge in [0.25, 0.3) is 5.56 Å². The Morgan fingerprint density at radius 3 is 2.48 bits per heavy atom. The van der Waals surface area contributed by atoms with E-state index >= 15 is 0 Å². The van der Waals surface area contributed by atoms with E-state index in [1.54, 1.807) is 0 Å². The van der Waals surface area contributed by atoms with E-state index in [-0.39, 0.29) is 34.3 Å². The fraction of sp³-hybridized carbons (Fsp3) is 0.368. The van der Waals surface area contributed by atoms with E-state index in [1.807, 2.05) is 13.8 Å². The van der Waals surface area contributed by atoms with Crippen molar-refractivity contribution in [2.45, 2.75) is 38.8 Å². The third-order valence-electron chi connectivity index (χ3n) is 5.17. The summed E-state index contributed by atoms with van der Waals surface area (Å²) in [5.74, 6) is -0.985. The van der Waals surface area contributed by atoms with Gasteiger partial charge in [-0.3, -0.25) is 19.8 Å². The molecule has 0 saturated heterocycles. The number of Topliss-reactive ketones (excluding diaryl/α,β-unsaturated/α-hetero) is 1. The van der Waals surface area contributed by atoms with Crippen LogP contribution in [0.1, 0.15) is 49.3 Å². The molecule has 2 aromatic rings. The van der Waals surface area contributed by atoms with Crippen LogP contribution in [0.3, 0.4) is 0 Å². The highest BCUT2D eigenvalue weighted by Gasteiger charge is 2.45. The Morgan fingerprint density at radius 1 is 1.07 bits per heavy atom. The van der Waals surface area contributed by atoms with Crippen LogP contribution in [0.4, 0.5) is 19.0 Å². The Kier molecular flexibility index (Phi) is 3.66. The summed E-state index contributed by atoms with van der Waals surface area (Å²) in [6.45, 7) is 3.87. The van der Waals surface area contributed by atoms with Crippen LogP contribution in [0.25, 0.3) is 0 Å². The number of halogens is 3. The maximum absolute atomic E-state index is 13.6. The minimum atomic E-state index is -4.59. The lowest BCUT2D eigenvalue weighted by atomic mass is 9.69. The maximum Gasteiger partial charge on any atom is 0.416 e. The standard InChI is InChI=1S/C19H18F3N3O2/c1-18(2)7-11-14(12(26)8-18)13(15-16(23-11)24-25-17(15)27)9-5-3-4-6-10(9)19(20,21)22/h3-6,13H,7-8H2,1-2H3,(H3,23,24,25,27). The molecule has 0 spiro atoms. The number of aromatic nitrogens is 2. The second-order valence-corrected chi connectivity index (χ2v) is 7.84. The lowest BCUT2D eigenvalue weighted by molar-refractivity contribution is -0.138. The van der Waals surface area contributed by atoms with Crippen LogP contribution < -0.4 is 10.9 Å². The van der Waals surface area contributed by atoms with Gasteiger partial charge in [-0.2, -0.15) is 13.2 Å². The van der Waals surface area contributed by atoms with Gasteiger partial charge >= 0.3 is 6.18 Å². The number of aromatic amines is 2. The van der Waals surface area contributed by atoms with Gasteiger partial charge < -0.3 is 5.32 Å². The average molecular weight is 377 g/mol. The zero-order chi connectivity index (χ0) is 19.6. The van der Waals surface area contributed by atoms with Gasteiger partial charge in [0.15, 0.2) is 5.78 Å². The predicted octanol–water partition coefficient (Wildman–Crippen LogP) is 3.92. The zero-order valence-corrected chi connectivity index (χ0v) is 14.8. The van der Waals surface area contributed by atoms with Crippen LogP contribution in [-0.4, -0.2) is 16.0 Å². The quantitative estimate of drug-likeness (QED) is 0.705. The van der Waals surface area contributed by atoms with Crippen LogP contribution in [-0.2, 0) is 11.0 Å². The number of carbonyl (C=O) groups excluding carboxylic acids is 1. The van der Waals surface area contributed by atoms with Crippen molar-refractivity contribution in [2.75, 3.05) is 5.32 Å². The number of benzene rings is 1. The molecule has 1 unspecified atom stereocenters. The topological polar surface area (TPSA) is 77.8 Å². The normalized spacial score (nSPS) is 21.5. The third kappa shape index (κ3) is 2.79. The Hall–Kier alpha value is -2.77. The smallest absolute Gasteiger partial charge is 0.343 e. The minimum absolute atomic E-state index is 0.0848. The molecule has 27 heavy (non-hydrogen) atoms. The molecule has 1 aliphatic heterocycles. The molecule has 2 aliphatic rings. The minimum Gasteiger partial charge on any atom is -0.343 e. The van der Waals surface area contributed by atoms with Crippen LogP contribution in [0.2, 0.25) is 0 Å². The summed E-state index contributed by atoms with van der Waals surface area (Å²) in [6.07, 6.45) is -3.87. The number of rotatable bonds is 1. The monoisotopic (exact) mass is 377 g/mol. The van der Waals surface area contributed by atoms with Crippen molar-refractivity contribution in [1.82, 2.24) is 10.2 Å². The number of allylic oxidation sites excluding steroid dienone is 2. The highest BCUT2D eigenvalue weighted by atomic mass is 19.4. The van der Waals surface area contributed by atoms with Crippen molar-refractivity contribution in [3.05, 3.63) is 62.6 Å². The van der Waals surface area contributed by atoms with Crippen molar-refractivity contribution in [3.63, 3.8) is 0 Å². The molecule has 4 rings (SSSR count). The van der Waals surface area contributed by atoms with E-state index in [1.165, 1.54) is 18.2 Å². The summed E-state index contributed by atoms with van der Waals surface area (Å²) in [6, 6.07) is 5.11. The Bertz CT molecular complexity index is 1030. The fourth-order valence-electron chi connectivity index (χ4n) is 4.14. The highest BCUT2D eigenvalue weighted by molar-refractivity contribution is 6.01. The van der Waals surface area contributed by atoms with E-state index in [0.29, 0.717) is 17.9 Å². The molecule has 3 N–H and O–H groups in total. The molecule has 2 heterocycles. The highest BCUT2D eigenvalue weighted by Crippen LogP contribution is 2.49. The van der Waals surface area contributed by atoms with Crippen LogP contribution >= 0.6 is 0 Å². The molecule has 1 aromatic heterocycles. The first-order valence-corrected chi connectivity index (χ1v) is 8.58. The molecule has 0 fully saturated rings. The van der Waals surface area contributed by atoms with E-state index in [0.717, 1.165) is 6.07 Å². The molecule has 1 aromatic carbocycles. The molecule has 0 amide bonds. The predicted molar refractivity (Wildman–Crippen MR) is 93.4 cm³/mol. The van der Waals surface area contributed by atoms with Crippen molar-refractivity contribution < 1.29 is 18.0 Å². The second kappa shape index (κ2) is 5.61. The third-order valence-corrected chi connectivity index (χ3v) is 5.17. The van der Waals surface area contributed by atoms with E-state index in [2.05, 4.69) is 15.5 Å². The first-order chi connectivity index (χ1) is 12.6. The van der Waals surface area contributed by atoms with Crippen molar-refractivity contribution in [1.29, 1.82) is 0 Å². The first kappa shape index (κ1) is 17.6. The summed E-state index contributed by atoms with van der Waals surface area (Å²) in [4.78, 5) is 25.3. The van der Waals surface area contributed by atoms with Crippen molar-refractivity contribution in [2.24, 2.45) is 5.41 Å². The number of H-pyrrole nitrogens is 2. The zero-order valence-electron chi connectivity index (χ0n) is 14.8. The van der Waals surface area contributed by atoms with E-state index in [9.17, 15) is 22.8 Å². The van der Waals surface area contributed by atoms with Gasteiger partial charge in [-0.05, 0) is 23.5 Å².